The second-order valence-electron chi connectivity index (χ2n) is 5.38. The molecular weight excluding hydrogens is 349 g/mol. The number of rotatable bonds is 3. The van der Waals surface area contributed by atoms with Crippen molar-refractivity contribution in [3.8, 4) is 0 Å². The minimum absolute atomic E-state index is 0.109. The summed E-state index contributed by atoms with van der Waals surface area (Å²) in [7, 11) is -3.34. The predicted molar refractivity (Wildman–Crippen MR) is 89.9 cm³/mol. The maximum absolute atomic E-state index is 13.3. The van der Waals surface area contributed by atoms with E-state index < -0.39 is 27.2 Å². The van der Waals surface area contributed by atoms with E-state index in [0.29, 0.717) is 5.69 Å². The number of sulfone groups is 1. The molecule has 2 aromatic carbocycles. The van der Waals surface area contributed by atoms with E-state index in [1.807, 2.05) is 0 Å². The minimum atomic E-state index is -3.34. The summed E-state index contributed by atoms with van der Waals surface area (Å²) in [6, 6.07) is 10.3. The number of carbonyl (C=O) groups excluding carboxylic acids is 1. The number of hydrogen-bond acceptors (Lipinski definition) is 5. The molecule has 0 aliphatic rings. The summed E-state index contributed by atoms with van der Waals surface area (Å²) in [4.78, 5) is 24.2. The van der Waals surface area contributed by atoms with Gasteiger partial charge in [-0.1, -0.05) is 0 Å². The van der Waals surface area contributed by atoms with Gasteiger partial charge in [-0.25, -0.2) is 17.6 Å². The van der Waals surface area contributed by atoms with Crippen molar-refractivity contribution in [3.05, 3.63) is 70.5 Å². The first-order valence-electron chi connectivity index (χ1n) is 7.09. The van der Waals surface area contributed by atoms with Crippen LogP contribution in [0.15, 0.2) is 62.6 Å². The van der Waals surface area contributed by atoms with Crippen LogP contribution >= 0.6 is 0 Å². The van der Waals surface area contributed by atoms with Gasteiger partial charge in [-0.15, -0.1) is 0 Å². The van der Waals surface area contributed by atoms with Gasteiger partial charge in [0.1, 0.15) is 5.82 Å². The van der Waals surface area contributed by atoms with Crippen LogP contribution in [-0.4, -0.2) is 20.6 Å². The number of carbonyl (C=O) groups is 1. The third kappa shape index (κ3) is 3.58. The van der Waals surface area contributed by atoms with E-state index in [4.69, 9.17) is 4.42 Å². The number of fused-ring (bicyclic) bond motifs is 1. The van der Waals surface area contributed by atoms with Crippen LogP contribution in [0.4, 0.5) is 10.1 Å². The monoisotopic (exact) mass is 361 g/mol. The van der Waals surface area contributed by atoms with Crippen molar-refractivity contribution in [2.45, 2.75) is 4.90 Å². The SMILES string of the molecule is CS(=O)(=O)c1ccc(NC(=O)c2cc3cc(F)ccc3c(=O)o2)cc1. The third-order valence-corrected chi connectivity index (χ3v) is 4.62. The Balaban J connectivity index is 1.91. The Bertz CT molecular complexity index is 1130. The molecule has 25 heavy (non-hydrogen) atoms. The summed E-state index contributed by atoms with van der Waals surface area (Å²) in [6.45, 7) is 0. The number of nitrogens with one attached hydrogen (secondary N) is 1. The summed E-state index contributed by atoms with van der Waals surface area (Å²) in [5, 5.41) is 2.89. The van der Waals surface area contributed by atoms with E-state index in [9.17, 15) is 22.4 Å². The second-order valence-corrected chi connectivity index (χ2v) is 7.40. The van der Waals surface area contributed by atoms with Crippen LogP contribution < -0.4 is 10.9 Å². The van der Waals surface area contributed by atoms with Crippen molar-refractivity contribution in [1.29, 1.82) is 0 Å². The lowest BCUT2D eigenvalue weighted by Gasteiger charge is -2.06. The third-order valence-electron chi connectivity index (χ3n) is 3.49. The first-order valence-corrected chi connectivity index (χ1v) is 8.98. The summed E-state index contributed by atoms with van der Waals surface area (Å²) >= 11 is 0. The zero-order valence-corrected chi connectivity index (χ0v) is 13.8. The zero-order valence-electron chi connectivity index (χ0n) is 12.9. The normalized spacial score (nSPS) is 11.4. The van der Waals surface area contributed by atoms with Gasteiger partial charge in [-0.2, -0.15) is 0 Å². The molecule has 3 rings (SSSR count). The van der Waals surface area contributed by atoms with Gasteiger partial charge in [0, 0.05) is 11.9 Å². The number of benzene rings is 2. The van der Waals surface area contributed by atoms with Gasteiger partial charge in [0.25, 0.3) is 5.91 Å². The van der Waals surface area contributed by atoms with Gasteiger partial charge in [0.2, 0.25) is 0 Å². The average molecular weight is 361 g/mol. The fourth-order valence-corrected chi connectivity index (χ4v) is 2.88. The van der Waals surface area contributed by atoms with E-state index in [-0.39, 0.29) is 21.4 Å². The molecule has 0 aliphatic heterocycles. The summed E-state index contributed by atoms with van der Waals surface area (Å²) in [6.07, 6.45) is 1.07. The first-order chi connectivity index (χ1) is 11.7. The summed E-state index contributed by atoms with van der Waals surface area (Å²) < 4.78 is 41.1. The number of halogens is 1. The Morgan fingerprint density at radius 1 is 1.08 bits per heavy atom. The molecular formula is C17H12FNO5S. The molecule has 0 bridgehead atoms. The van der Waals surface area contributed by atoms with Crippen molar-refractivity contribution in [2.75, 3.05) is 11.6 Å². The molecule has 0 saturated carbocycles. The maximum Gasteiger partial charge on any atom is 0.344 e. The Labute approximate surface area is 141 Å². The Morgan fingerprint density at radius 3 is 2.40 bits per heavy atom. The highest BCUT2D eigenvalue weighted by Gasteiger charge is 2.14. The van der Waals surface area contributed by atoms with Crippen LogP contribution in [0.5, 0.6) is 0 Å². The van der Waals surface area contributed by atoms with E-state index in [0.717, 1.165) is 18.4 Å². The van der Waals surface area contributed by atoms with Crippen LogP contribution in [0, 0.1) is 5.82 Å². The second kappa shape index (κ2) is 6.14. The van der Waals surface area contributed by atoms with Crippen LogP contribution in [0.2, 0.25) is 0 Å². The van der Waals surface area contributed by atoms with E-state index in [1.165, 1.54) is 36.4 Å². The highest BCUT2D eigenvalue weighted by atomic mass is 32.2. The van der Waals surface area contributed by atoms with E-state index >= 15 is 0 Å². The molecule has 1 heterocycles. The average Bonchev–Trinajstić information content (AvgIpc) is 2.54. The minimum Gasteiger partial charge on any atom is -0.417 e. The van der Waals surface area contributed by atoms with Gasteiger partial charge in [0.15, 0.2) is 15.6 Å². The van der Waals surface area contributed by atoms with Crippen molar-refractivity contribution < 1.29 is 22.0 Å². The molecule has 0 spiro atoms. The summed E-state index contributed by atoms with van der Waals surface area (Å²) in [5.74, 6) is -1.54. The molecule has 0 saturated heterocycles. The molecule has 1 amide bonds. The molecule has 0 atom stereocenters. The Hall–Kier alpha value is -3.00. The molecule has 0 unspecified atom stereocenters. The fraction of sp³-hybridized carbons (Fsp3) is 0.0588. The van der Waals surface area contributed by atoms with Crippen molar-refractivity contribution in [3.63, 3.8) is 0 Å². The van der Waals surface area contributed by atoms with Gasteiger partial charge < -0.3 is 9.73 Å². The zero-order chi connectivity index (χ0) is 18.2. The molecule has 128 valence electrons. The molecule has 0 aliphatic carbocycles. The number of amides is 1. The van der Waals surface area contributed by atoms with Crippen LogP contribution in [0.3, 0.4) is 0 Å². The molecule has 1 N–H and O–H groups in total. The quantitative estimate of drug-likeness (QED) is 0.774. The fourth-order valence-electron chi connectivity index (χ4n) is 2.25. The molecule has 6 nitrogen and oxygen atoms in total. The van der Waals surface area contributed by atoms with E-state index in [1.54, 1.807) is 0 Å². The largest absolute Gasteiger partial charge is 0.417 e. The lowest BCUT2D eigenvalue weighted by molar-refractivity contribution is 0.0993. The lowest BCUT2D eigenvalue weighted by Crippen LogP contribution is -2.15. The molecule has 0 fully saturated rings. The van der Waals surface area contributed by atoms with Crippen molar-refractivity contribution >= 4 is 32.2 Å². The van der Waals surface area contributed by atoms with Gasteiger partial charge in [-0.3, -0.25) is 4.79 Å². The topological polar surface area (TPSA) is 93.5 Å². The van der Waals surface area contributed by atoms with Crippen molar-refractivity contribution in [2.24, 2.45) is 0 Å². The Morgan fingerprint density at radius 2 is 1.76 bits per heavy atom. The molecule has 0 radical (unpaired) electrons. The maximum atomic E-state index is 13.3. The van der Waals surface area contributed by atoms with Crippen LogP contribution in [0.1, 0.15) is 10.6 Å². The van der Waals surface area contributed by atoms with E-state index in [2.05, 4.69) is 5.32 Å². The molecule has 3 aromatic rings. The Kier molecular flexibility index (Phi) is 4.13. The van der Waals surface area contributed by atoms with Gasteiger partial charge >= 0.3 is 5.63 Å². The van der Waals surface area contributed by atoms with Crippen molar-refractivity contribution in [1.82, 2.24) is 0 Å². The van der Waals surface area contributed by atoms with Crippen LogP contribution in [-0.2, 0) is 9.84 Å². The standard InChI is InChI=1S/C17H12FNO5S/c1-25(22,23)13-5-3-12(4-6-13)19-16(20)15-9-10-8-11(18)2-7-14(10)17(21)24-15/h2-9H,1H3,(H,19,20). The predicted octanol–water partition coefficient (Wildman–Crippen LogP) is 2.59. The summed E-state index contributed by atoms with van der Waals surface area (Å²) in [5.41, 5.74) is -0.436. The smallest absolute Gasteiger partial charge is 0.344 e. The molecule has 8 heteroatoms. The first kappa shape index (κ1) is 16.8. The van der Waals surface area contributed by atoms with Crippen LogP contribution in [0.25, 0.3) is 10.8 Å². The number of hydrogen-bond donors (Lipinski definition) is 1. The van der Waals surface area contributed by atoms with Gasteiger partial charge in [-0.05, 0) is 53.9 Å². The van der Waals surface area contributed by atoms with Gasteiger partial charge in [0.05, 0.1) is 10.3 Å². The highest BCUT2D eigenvalue weighted by Crippen LogP contribution is 2.17. The molecule has 1 aromatic heterocycles. The highest BCUT2D eigenvalue weighted by molar-refractivity contribution is 7.90. The lowest BCUT2D eigenvalue weighted by atomic mass is 10.1. The number of anilines is 1.